The molecule has 0 aliphatic carbocycles. The zero-order chi connectivity index (χ0) is 30.6. The van der Waals surface area contributed by atoms with Crippen molar-refractivity contribution in [1.82, 2.24) is 9.80 Å². The van der Waals surface area contributed by atoms with Gasteiger partial charge in [0.1, 0.15) is 6.04 Å². The Balaban J connectivity index is 1.54. The van der Waals surface area contributed by atoms with Gasteiger partial charge in [-0.05, 0) is 36.8 Å². The van der Waals surface area contributed by atoms with Crippen molar-refractivity contribution >= 4 is 45.5 Å². The topological polar surface area (TPSA) is 87.1 Å². The summed E-state index contributed by atoms with van der Waals surface area (Å²) in [5.74, 6) is -2.29. The number of hydrogen-bond donors (Lipinski definition) is 1. The quantitative estimate of drug-likeness (QED) is 0.128. The van der Waals surface area contributed by atoms with E-state index in [9.17, 15) is 19.5 Å². The molecule has 2 bridgehead atoms. The fraction of sp³-hybridized carbons (Fsp3) is 0.441. The van der Waals surface area contributed by atoms with Crippen LogP contribution in [-0.2, 0) is 25.7 Å². The minimum Gasteiger partial charge on any atom is -0.465 e. The van der Waals surface area contributed by atoms with Crippen molar-refractivity contribution in [2.24, 2.45) is 11.8 Å². The molecule has 3 heterocycles. The molecule has 3 aliphatic rings. The summed E-state index contributed by atoms with van der Waals surface area (Å²) in [6.07, 6.45) is 6.51. The lowest BCUT2D eigenvalue weighted by atomic mass is 9.71. The number of likely N-dealkylation sites (tertiary alicyclic amines) is 1. The van der Waals surface area contributed by atoms with Gasteiger partial charge in [-0.2, -0.15) is 0 Å². The van der Waals surface area contributed by atoms with Crippen molar-refractivity contribution in [3.05, 3.63) is 97.1 Å². The number of halogens is 1. The average Bonchev–Trinajstić information content (AvgIpc) is 3.61. The first-order valence-corrected chi connectivity index (χ1v) is 16.7. The molecule has 2 aromatic rings. The molecule has 3 aliphatic heterocycles. The molecular formula is C34H39BrN2O5S. The smallest absolute Gasteiger partial charge is 0.310 e. The summed E-state index contributed by atoms with van der Waals surface area (Å²) in [6.45, 7) is 8.21. The first-order chi connectivity index (χ1) is 20.9. The van der Waals surface area contributed by atoms with E-state index < -0.39 is 28.7 Å². The lowest BCUT2D eigenvalue weighted by molar-refractivity contribution is -0.154. The third-order valence-corrected chi connectivity index (χ3v) is 12.1. The van der Waals surface area contributed by atoms with Crippen molar-refractivity contribution < 1.29 is 24.2 Å². The summed E-state index contributed by atoms with van der Waals surface area (Å²) in [5.41, 5.74) is 1.70. The molecule has 1 N–H and O–H groups in total. The van der Waals surface area contributed by atoms with Crippen molar-refractivity contribution in [1.29, 1.82) is 0 Å². The van der Waals surface area contributed by atoms with E-state index in [0.29, 0.717) is 25.9 Å². The van der Waals surface area contributed by atoms with Gasteiger partial charge in [-0.1, -0.05) is 88.7 Å². The molecule has 2 aromatic carbocycles. The van der Waals surface area contributed by atoms with Crippen molar-refractivity contribution in [2.45, 2.75) is 59.1 Å². The first kappa shape index (κ1) is 31.5. The van der Waals surface area contributed by atoms with Gasteiger partial charge in [-0.25, -0.2) is 0 Å². The van der Waals surface area contributed by atoms with Gasteiger partial charge in [0, 0.05) is 23.2 Å². The van der Waals surface area contributed by atoms with Gasteiger partial charge in [0.25, 0.3) is 0 Å². The third-order valence-electron chi connectivity index (χ3n) is 8.85. The van der Waals surface area contributed by atoms with Gasteiger partial charge < -0.3 is 19.6 Å². The molecule has 0 aromatic heterocycles. The highest BCUT2D eigenvalue weighted by Gasteiger charge is 2.76. The van der Waals surface area contributed by atoms with Crippen LogP contribution in [-0.4, -0.2) is 73.3 Å². The Morgan fingerprint density at radius 1 is 1.12 bits per heavy atom. The van der Waals surface area contributed by atoms with Crippen LogP contribution < -0.4 is 0 Å². The summed E-state index contributed by atoms with van der Waals surface area (Å²) in [4.78, 5) is 46.3. The number of thioether (sulfide) groups is 1. The maximum Gasteiger partial charge on any atom is 0.310 e. The van der Waals surface area contributed by atoms with Gasteiger partial charge in [0.2, 0.25) is 11.8 Å². The van der Waals surface area contributed by atoms with Crippen LogP contribution in [0.3, 0.4) is 0 Å². The SMILES string of the molecule is C=CCCCCOC(=O)[C@H]1[C@H]2C(=O)N([C@H](CO)c3ccccc3)C(C(=O)N(CC=C)Cc3ccccc3)C23CC(Br)[C@@H]1S3. The lowest BCUT2D eigenvalue weighted by Crippen LogP contribution is -2.56. The van der Waals surface area contributed by atoms with Crippen molar-refractivity contribution in [3.63, 3.8) is 0 Å². The number of esters is 1. The van der Waals surface area contributed by atoms with E-state index in [2.05, 4.69) is 29.1 Å². The number of aliphatic hydroxyl groups excluding tert-OH is 1. The Morgan fingerprint density at radius 2 is 1.81 bits per heavy atom. The maximum absolute atomic E-state index is 14.8. The normalized spacial score (nSPS) is 27.9. The number of carbonyl (C=O) groups is 3. The number of amides is 2. The first-order valence-electron chi connectivity index (χ1n) is 14.9. The molecule has 228 valence electrons. The van der Waals surface area contributed by atoms with Crippen LogP contribution in [0.25, 0.3) is 0 Å². The molecule has 3 fully saturated rings. The number of benzene rings is 2. The molecule has 7 nitrogen and oxygen atoms in total. The molecular weight excluding hydrogens is 628 g/mol. The van der Waals surface area contributed by atoms with E-state index >= 15 is 0 Å². The Bertz CT molecular complexity index is 1330. The molecule has 3 unspecified atom stereocenters. The van der Waals surface area contributed by atoms with Gasteiger partial charge in [-0.3, -0.25) is 14.4 Å². The second-order valence-electron chi connectivity index (χ2n) is 11.5. The zero-order valence-corrected chi connectivity index (χ0v) is 26.6. The molecule has 1 spiro atoms. The lowest BCUT2D eigenvalue weighted by Gasteiger charge is -2.40. The summed E-state index contributed by atoms with van der Waals surface area (Å²) < 4.78 is 4.91. The second kappa shape index (κ2) is 13.8. The third kappa shape index (κ3) is 5.96. The van der Waals surface area contributed by atoms with Crippen LogP contribution in [0.5, 0.6) is 0 Å². The number of nitrogens with zero attached hydrogens (tertiary/aromatic N) is 2. The highest BCUT2D eigenvalue weighted by Crippen LogP contribution is 2.68. The summed E-state index contributed by atoms with van der Waals surface area (Å²) in [5, 5.41) is 10.5. The summed E-state index contributed by atoms with van der Waals surface area (Å²) in [6, 6.07) is 17.4. The molecule has 7 atom stereocenters. The van der Waals surface area contributed by atoms with Crippen LogP contribution in [0.2, 0.25) is 0 Å². The zero-order valence-electron chi connectivity index (χ0n) is 24.2. The largest absolute Gasteiger partial charge is 0.465 e. The van der Waals surface area contributed by atoms with Crippen LogP contribution in [0.15, 0.2) is 86.0 Å². The average molecular weight is 668 g/mol. The monoisotopic (exact) mass is 666 g/mol. The molecule has 0 radical (unpaired) electrons. The minimum atomic E-state index is -0.883. The van der Waals surface area contributed by atoms with E-state index in [1.165, 1.54) is 0 Å². The molecule has 2 amide bonds. The van der Waals surface area contributed by atoms with Crippen LogP contribution in [0.1, 0.15) is 42.9 Å². The van der Waals surface area contributed by atoms with E-state index in [4.69, 9.17) is 4.74 Å². The van der Waals surface area contributed by atoms with Gasteiger partial charge in [0.05, 0.1) is 35.8 Å². The van der Waals surface area contributed by atoms with E-state index in [1.807, 2.05) is 66.7 Å². The highest BCUT2D eigenvalue weighted by atomic mass is 79.9. The number of allylic oxidation sites excluding steroid dienone is 1. The molecule has 0 saturated carbocycles. The predicted octanol–water partition coefficient (Wildman–Crippen LogP) is 5.30. The number of ether oxygens (including phenoxy) is 1. The van der Waals surface area contributed by atoms with Crippen LogP contribution in [0.4, 0.5) is 0 Å². The molecule has 5 rings (SSSR count). The van der Waals surface area contributed by atoms with Gasteiger partial charge in [-0.15, -0.1) is 24.9 Å². The summed E-state index contributed by atoms with van der Waals surface area (Å²) >= 11 is 5.39. The number of unbranched alkanes of at least 4 members (excludes halogenated alkanes) is 2. The number of carbonyl (C=O) groups excluding carboxylic acids is 3. The van der Waals surface area contributed by atoms with E-state index in [1.54, 1.807) is 27.6 Å². The second-order valence-corrected chi connectivity index (χ2v) is 14.2. The standard InChI is InChI=1S/C34H39BrN2O5S/c1-3-5-6-13-19-42-33(41)27-28-31(39)37(26(22-38)24-16-11-8-12-17-24)30(34(28)20-25(35)29(27)43-34)32(40)36(18-4-2)21-23-14-9-7-10-15-23/h3-4,7-12,14-17,25-30,38H,1-2,5-6,13,18-22H2/t25?,26-,27+,28+,29+,30?,34?/m1/s1. The number of fused-ring (bicyclic) bond motifs is 1. The fourth-order valence-electron chi connectivity index (χ4n) is 7.01. The predicted molar refractivity (Wildman–Crippen MR) is 172 cm³/mol. The molecule has 9 heteroatoms. The highest BCUT2D eigenvalue weighted by molar-refractivity contribution is 9.09. The van der Waals surface area contributed by atoms with Crippen LogP contribution in [0, 0.1) is 11.8 Å². The van der Waals surface area contributed by atoms with Crippen LogP contribution >= 0.6 is 27.7 Å². The minimum absolute atomic E-state index is 0.0682. The Kier molecular flexibility index (Phi) is 10.1. The number of rotatable bonds is 14. The fourth-order valence-corrected chi connectivity index (χ4v) is 10.6. The molecule has 3 saturated heterocycles. The van der Waals surface area contributed by atoms with Crippen molar-refractivity contribution in [3.8, 4) is 0 Å². The number of alkyl halides is 1. The maximum atomic E-state index is 14.8. The van der Waals surface area contributed by atoms with E-state index in [-0.39, 0.29) is 41.1 Å². The van der Waals surface area contributed by atoms with Gasteiger partial charge in [0.15, 0.2) is 0 Å². The Morgan fingerprint density at radius 3 is 2.47 bits per heavy atom. The number of hydrogen-bond acceptors (Lipinski definition) is 6. The Labute approximate surface area is 266 Å². The van der Waals surface area contributed by atoms with E-state index in [0.717, 1.165) is 24.0 Å². The Hall–Kier alpha value is -2.88. The number of aliphatic hydroxyl groups is 1. The summed E-state index contributed by atoms with van der Waals surface area (Å²) in [7, 11) is 0. The van der Waals surface area contributed by atoms with Crippen molar-refractivity contribution in [2.75, 3.05) is 19.8 Å². The molecule has 43 heavy (non-hydrogen) atoms. The van der Waals surface area contributed by atoms with Gasteiger partial charge >= 0.3 is 5.97 Å².